The van der Waals surface area contributed by atoms with Gasteiger partial charge in [0.1, 0.15) is 40.9 Å². The second-order valence-corrected chi connectivity index (χ2v) is 13.3. The highest BCUT2D eigenvalue weighted by Crippen LogP contribution is 2.48. The second-order valence-electron chi connectivity index (χ2n) is 11.8. The number of aromatic nitrogens is 5. The van der Waals surface area contributed by atoms with E-state index in [1.165, 1.54) is 29.0 Å². The van der Waals surface area contributed by atoms with Crippen LogP contribution in [0.1, 0.15) is 39.4 Å². The van der Waals surface area contributed by atoms with Gasteiger partial charge in [-0.25, -0.2) is 24.1 Å². The molecule has 0 bridgehead atoms. The number of hydrogen-bond donors (Lipinski definition) is 1. The highest BCUT2D eigenvalue weighted by molar-refractivity contribution is 7.88. The molecule has 0 atom stereocenters. The number of carbonyl (C=O) groups is 2. The van der Waals surface area contributed by atoms with Crippen LogP contribution in [0, 0.1) is 5.21 Å². The topological polar surface area (TPSA) is 182 Å². The van der Waals surface area contributed by atoms with E-state index < -0.39 is 49.3 Å². The van der Waals surface area contributed by atoms with Gasteiger partial charge in [0.15, 0.2) is 11.4 Å². The minimum atomic E-state index is -6.01. The number of amides is 1. The fourth-order valence-electron chi connectivity index (χ4n) is 5.89. The van der Waals surface area contributed by atoms with Crippen LogP contribution in [0.25, 0.3) is 22.1 Å². The molecule has 1 aromatic carbocycles. The van der Waals surface area contributed by atoms with Crippen LogP contribution in [0.2, 0.25) is 0 Å². The van der Waals surface area contributed by atoms with Gasteiger partial charge in [-0.1, -0.05) is 6.07 Å². The largest absolute Gasteiger partial charge is 0.626 e. The average molecular weight is 654 g/mol. The summed E-state index contributed by atoms with van der Waals surface area (Å²) in [6, 6.07) is 5.24. The number of quaternary nitrogens is 1. The van der Waals surface area contributed by atoms with Crippen LogP contribution in [0.15, 0.2) is 36.8 Å². The summed E-state index contributed by atoms with van der Waals surface area (Å²) < 4.78 is 74.0. The molecule has 2 aliphatic heterocycles. The number of ether oxygens (including phenoxy) is 1. The van der Waals surface area contributed by atoms with Gasteiger partial charge in [-0.3, -0.25) is 4.90 Å². The molecular formula is C26H26F3N7O8S. The fourth-order valence-corrected chi connectivity index (χ4v) is 6.35. The van der Waals surface area contributed by atoms with E-state index >= 15 is 0 Å². The van der Waals surface area contributed by atoms with Crippen molar-refractivity contribution in [1.29, 1.82) is 0 Å². The van der Waals surface area contributed by atoms with Gasteiger partial charge in [0.05, 0.1) is 18.6 Å². The van der Waals surface area contributed by atoms with E-state index in [1.54, 1.807) is 20.8 Å². The van der Waals surface area contributed by atoms with Gasteiger partial charge in [-0.15, -0.1) is 0 Å². The first-order valence-electron chi connectivity index (χ1n) is 13.5. The Morgan fingerprint density at radius 1 is 1.11 bits per heavy atom. The Morgan fingerprint density at radius 2 is 1.80 bits per heavy atom. The Labute approximate surface area is 252 Å². The highest BCUT2D eigenvalue weighted by atomic mass is 32.2. The standard InChI is InChI=1S/C26H26F3N7O8S/c1-24(2,3)43-23(39)33-10-7-15-19(33)30-13-31-20(15)36(40)11-8-25(9-12-36)21-32-18-16(34(21)14-35(25)22(37)38)5-4-6-17(18)44-45(41,42)26(27,28)29/h4-7,10,13H,8-9,11-12,14H2,1-3H3,(H,37,38). The molecule has 3 aromatic heterocycles. The average Bonchev–Trinajstić information content (AvgIpc) is 3.61. The monoisotopic (exact) mass is 653 g/mol. The number of carboxylic acid groups (broad SMARTS) is 1. The fraction of sp³-hybridized carbons (Fsp3) is 0.423. The number of piperidine rings is 1. The Kier molecular flexibility index (Phi) is 6.62. The zero-order valence-electron chi connectivity index (χ0n) is 24.0. The molecule has 1 amide bonds. The second kappa shape index (κ2) is 9.75. The summed E-state index contributed by atoms with van der Waals surface area (Å²) in [5, 5.41) is 24.7. The number of benzene rings is 1. The van der Waals surface area contributed by atoms with Crippen molar-refractivity contribution in [1.82, 2.24) is 33.6 Å². The number of fused-ring (bicyclic) bond motifs is 5. The van der Waals surface area contributed by atoms with Gasteiger partial charge in [-0.2, -0.15) is 26.6 Å². The summed E-state index contributed by atoms with van der Waals surface area (Å²) in [5.74, 6) is -0.486. The van der Waals surface area contributed by atoms with Crippen LogP contribution < -0.4 is 8.83 Å². The quantitative estimate of drug-likeness (QED) is 0.145. The molecule has 0 aliphatic carbocycles. The number of alkyl halides is 3. The van der Waals surface area contributed by atoms with Crippen molar-refractivity contribution < 1.29 is 45.2 Å². The van der Waals surface area contributed by atoms with Crippen molar-refractivity contribution in [2.24, 2.45) is 0 Å². The summed E-state index contributed by atoms with van der Waals surface area (Å²) in [6.45, 7) is 4.45. The van der Waals surface area contributed by atoms with E-state index in [-0.39, 0.29) is 60.9 Å². The summed E-state index contributed by atoms with van der Waals surface area (Å²) in [4.78, 5) is 39.1. The molecule has 45 heavy (non-hydrogen) atoms. The molecule has 1 N–H and O–H groups in total. The van der Waals surface area contributed by atoms with Gasteiger partial charge in [0.25, 0.3) is 0 Å². The van der Waals surface area contributed by atoms with E-state index in [9.17, 15) is 41.5 Å². The number of nitrogens with zero attached hydrogens (tertiary/aromatic N) is 7. The summed E-state index contributed by atoms with van der Waals surface area (Å²) in [5.41, 5.74) is -7.75. The Balaban J connectivity index is 1.36. The van der Waals surface area contributed by atoms with Crippen molar-refractivity contribution in [3.8, 4) is 5.75 Å². The van der Waals surface area contributed by atoms with Crippen molar-refractivity contribution in [2.45, 2.75) is 56.9 Å². The maximum atomic E-state index is 14.3. The first-order chi connectivity index (χ1) is 20.9. The lowest BCUT2D eigenvalue weighted by atomic mass is 9.85. The predicted molar refractivity (Wildman–Crippen MR) is 150 cm³/mol. The lowest BCUT2D eigenvalue weighted by Crippen LogP contribution is -2.58. The van der Waals surface area contributed by atoms with Crippen molar-refractivity contribution in [3.05, 3.63) is 47.8 Å². The number of para-hydroxylation sites is 1. The lowest BCUT2D eigenvalue weighted by Gasteiger charge is -2.50. The molecular weight excluding hydrogens is 627 g/mol. The van der Waals surface area contributed by atoms with E-state index in [2.05, 4.69) is 19.1 Å². The third kappa shape index (κ3) is 4.81. The van der Waals surface area contributed by atoms with Gasteiger partial charge in [-0.05, 0) is 39.0 Å². The molecule has 1 spiro atoms. The Bertz CT molecular complexity index is 1980. The summed E-state index contributed by atoms with van der Waals surface area (Å²) >= 11 is 0. The highest BCUT2D eigenvalue weighted by Gasteiger charge is 2.55. The lowest BCUT2D eigenvalue weighted by molar-refractivity contribution is -0.0499. The smallest absolute Gasteiger partial charge is 0.534 e. The minimum Gasteiger partial charge on any atom is -0.626 e. The number of halogens is 3. The van der Waals surface area contributed by atoms with Gasteiger partial charge in [0.2, 0.25) is 5.82 Å². The van der Waals surface area contributed by atoms with Crippen LogP contribution in [-0.4, -0.2) is 78.9 Å². The van der Waals surface area contributed by atoms with Crippen LogP contribution in [0.3, 0.4) is 0 Å². The predicted octanol–water partition coefficient (Wildman–Crippen LogP) is 4.24. The molecule has 0 radical (unpaired) electrons. The van der Waals surface area contributed by atoms with Crippen molar-refractivity contribution in [2.75, 3.05) is 13.1 Å². The number of carbonyl (C=O) groups excluding carboxylic acids is 1. The number of rotatable bonds is 3. The first-order valence-corrected chi connectivity index (χ1v) is 14.9. The van der Waals surface area contributed by atoms with Crippen LogP contribution in [0.4, 0.5) is 28.6 Å². The Hall–Kier alpha value is -4.49. The molecule has 6 rings (SSSR count). The van der Waals surface area contributed by atoms with Gasteiger partial charge in [0, 0.05) is 19.0 Å². The summed E-state index contributed by atoms with van der Waals surface area (Å²) in [7, 11) is -6.01. The molecule has 1 fully saturated rings. The molecule has 19 heteroatoms. The van der Waals surface area contributed by atoms with Crippen molar-refractivity contribution >= 4 is 50.2 Å². The molecule has 4 aromatic rings. The third-order valence-corrected chi connectivity index (χ3v) is 8.85. The zero-order chi connectivity index (χ0) is 32.7. The van der Waals surface area contributed by atoms with E-state index in [0.29, 0.717) is 5.39 Å². The van der Waals surface area contributed by atoms with Gasteiger partial charge < -0.3 is 28.4 Å². The minimum absolute atomic E-state index is 0.0542. The normalized spacial score (nSPS) is 22.2. The Morgan fingerprint density at radius 3 is 2.42 bits per heavy atom. The van der Waals surface area contributed by atoms with E-state index in [0.717, 1.165) is 21.9 Å². The molecule has 1 saturated heterocycles. The molecule has 0 saturated carbocycles. The van der Waals surface area contributed by atoms with Crippen LogP contribution >= 0.6 is 0 Å². The maximum absolute atomic E-state index is 14.3. The summed E-state index contributed by atoms with van der Waals surface area (Å²) in [6.07, 6.45) is 0.410. The number of hydrogen-bond acceptors (Lipinski definition) is 10. The van der Waals surface area contributed by atoms with E-state index in [4.69, 9.17) is 4.74 Å². The van der Waals surface area contributed by atoms with Gasteiger partial charge >= 0.3 is 27.8 Å². The van der Waals surface area contributed by atoms with Crippen molar-refractivity contribution in [3.63, 3.8) is 0 Å². The molecule has 15 nitrogen and oxygen atoms in total. The SMILES string of the molecule is CC(C)(C)OC(=O)n1ccc2c([N+]3([O-])CCC4(CC3)c3nc5c(OS(=O)(=O)C(F)(F)F)cccc5n3CN4C(=O)O)ncnc21. The molecule has 2 aliphatic rings. The number of imidazole rings is 1. The van der Waals surface area contributed by atoms with Crippen LogP contribution in [-0.2, 0) is 27.1 Å². The molecule has 240 valence electrons. The number of hydroxylamine groups is 2. The third-order valence-electron chi connectivity index (χ3n) is 7.88. The molecule has 0 unspecified atom stereocenters. The maximum Gasteiger partial charge on any atom is 0.534 e. The zero-order valence-corrected chi connectivity index (χ0v) is 24.8. The van der Waals surface area contributed by atoms with E-state index in [1.807, 2.05) is 0 Å². The molecule has 5 heterocycles. The van der Waals surface area contributed by atoms with Crippen LogP contribution in [0.5, 0.6) is 5.75 Å². The first kappa shape index (κ1) is 30.5.